The van der Waals surface area contributed by atoms with Gasteiger partial charge in [0.2, 0.25) is 0 Å². The summed E-state index contributed by atoms with van der Waals surface area (Å²) >= 11 is 0. The number of aromatic nitrogens is 2. The standard InChI is InChI=1S/C21H24FN3O3/c1-11-8-13(22)17(16(27)9-11)19-12-10-28-21(6-7-21)18(12)20(25-24-19)23-14-4-2-3-5-15(14)26/h8-9,14-15,26-27H,2-7,10H2,1H3,(H,23,25)/t14-,15-/m1/s1. The molecule has 3 aliphatic rings. The van der Waals surface area contributed by atoms with Gasteiger partial charge in [-0.25, -0.2) is 4.39 Å². The zero-order chi connectivity index (χ0) is 19.5. The van der Waals surface area contributed by atoms with Crippen LogP contribution in [-0.2, 0) is 16.9 Å². The van der Waals surface area contributed by atoms with Crippen LogP contribution in [0.5, 0.6) is 5.75 Å². The van der Waals surface area contributed by atoms with E-state index in [1.54, 1.807) is 6.92 Å². The highest BCUT2D eigenvalue weighted by Gasteiger charge is 2.54. The van der Waals surface area contributed by atoms with Gasteiger partial charge in [0.1, 0.15) is 17.3 Å². The number of aryl methyl sites for hydroxylation is 1. The highest BCUT2D eigenvalue weighted by molar-refractivity contribution is 5.75. The molecule has 7 heteroatoms. The second-order valence-corrected chi connectivity index (χ2v) is 8.28. The molecule has 5 rings (SSSR count). The van der Waals surface area contributed by atoms with E-state index in [9.17, 15) is 14.6 Å². The first-order chi connectivity index (χ1) is 13.5. The third-order valence-electron chi connectivity index (χ3n) is 6.23. The summed E-state index contributed by atoms with van der Waals surface area (Å²) in [5.74, 6) is -0.0463. The summed E-state index contributed by atoms with van der Waals surface area (Å²) in [7, 11) is 0. The van der Waals surface area contributed by atoms with E-state index in [0.29, 0.717) is 23.7 Å². The van der Waals surface area contributed by atoms with Crippen LogP contribution in [-0.4, -0.2) is 32.6 Å². The number of benzene rings is 1. The lowest BCUT2D eigenvalue weighted by atomic mass is 9.92. The fraction of sp³-hybridized carbons (Fsp3) is 0.524. The Morgan fingerprint density at radius 3 is 2.71 bits per heavy atom. The van der Waals surface area contributed by atoms with Crippen molar-refractivity contribution in [3.63, 3.8) is 0 Å². The highest BCUT2D eigenvalue weighted by Crippen LogP contribution is 2.58. The minimum Gasteiger partial charge on any atom is -0.507 e. The van der Waals surface area contributed by atoms with Crippen molar-refractivity contribution in [2.75, 3.05) is 5.32 Å². The van der Waals surface area contributed by atoms with E-state index in [4.69, 9.17) is 4.74 Å². The van der Waals surface area contributed by atoms with Gasteiger partial charge in [0.05, 0.1) is 29.9 Å². The Morgan fingerprint density at radius 2 is 2.00 bits per heavy atom. The number of aliphatic hydroxyl groups is 1. The average Bonchev–Trinajstić information content (AvgIpc) is 3.32. The molecule has 1 aromatic heterocycles. The molecule has 1 spiro atoms. The smallest absolute Gasteiger partial charge is 0.155 e. The van der Waals surface area contributed by atoms with E-state index in [0.717, 1.165) is 49.7 Å². The number of hydrogen-bond acceptors (Lipinski definition) is 6. The van der Waals surface area contributed by atoms with E-state index >= 15 is 0 Å². The second kappa shape index (κ2) is 6.39. The number of phenolic OH excluding ortho intramolecular Hbond substituents is 1. The van der Waals surface area contributed by atoms with E-state index in [-0.39, 0.29) is 17.4 Å². The molecule has 148 valence electrons. The quantitative estimate of drug-likeness (QED) is 0.749. The van der Waals surface area contributed by atoms with Gasteiger partial charge in [-0.15, -0.1) is 10.2 Å². The predicted octanol–water partition coefficient (Wildman–Crippen LogP) is 3.53. The average molecular weight is 385 g/mol. The molecule has 2 fully saturated rings. The fourth-order valence-electron chi connectivity index (χ4n) is 4.61. The molecule has 0 unspecified atom stereocenters. The van der Waals surface area contributed by atoms with Crippen LogP contribution in [0.25, 0.3) is 11.3 Å². The molecule has 2 heterocycles. The number of rotatable bonds is 3. The van der Waals surface area contributed by atoms with Crippen molar-refractivity contribution in [2.45, 2.75) is 69.8 Å². The third kappa shape index (κ3) is 2.76. The first kappa shape index (κ1) is 17.8. The van der Waals surface area contributed by atoms with Gasteiger partial charge in [-0.1, -0.05) is 12.8 Å². The van der Waals surface area contributed by atoms with Crippen molar-refractivity contribution in [2.24, 2.45) is 0 Å². The van der Waals surface area contributed by atoms with Gasteiger partial charge in [0.15, 0.2) is 5.82 Å². The van der Waals surface area contributed by atoms with E-state index in [2.05, 4.69) is 15.5 Å². The maximum atomic E-state index is 14.7. The molecule has 2 atom stereocenters. The van der Waals surface area contributed by atoms with Gasteiger partial charge >= 0.3 is 0 Å². The number of ether oxygens (including phenoxy) is 1. The van der Waals surface area contributed by atoms with Crippen LogP contribution in [0.1, 0.15) is 55.2 Å². The molecule has 1 aromatic carbocycles. The Balaban J connectivity index is 1.60. The van der Waals surface area contributed by atoms with Crippen LogP contribution < -0.4 is 5.32 Å². The van der Waals surface area contributed by atoms with Gasteiger partial charge in [-0.3, -0.25) is 0 Å². The third-order valence-corrected chi connectivity index (χ3v) is 6.23. The van der Waals surface area contributed by atoms with E-state index < -0.39 is 17.5 Å². The molecule has 0 saturated heterocycles. The van der Waals surface area contributed by atoms with Gasteiger partial charge in [0.25, 0.3) is 0 Å². The molecular formula is C21H24FN3O3. The molecule has 6 nitrogen and oxygen atoms in total. The highest BCUT2D eigenvalue weighted by atomic mass is 19.1. The number of nitrogens with zero attached hydrogens (tertiary/aromatic N) is 2. The van der Waals surface area contributed by atoms with Crippen LogP contribution in [0.15, 0.2) is 12.1 Å². The number of phenols is 1. The van der Waals surface area contributed by atoms with Crippen LogP contribution in [0.3, 0.4) is 0 Å². The predicted molar refractivity (Wildman–Crippen MR) is 101 cm³/mol. The van der Waals surface area contributed by atoms with Crippen LogP contribution in [0, 0.1) is 12.7 Å². The van der Waals surface area contributed by atoms with E-state index in [1.165, 1.54) is 12.1 Å². The van der Waals surface area contributed by atoms with Gasteiger partial charge in [-0.2, -0.15) is 0 Å². The summed E-state index contributed by atoms with van der Waals surface area (Å²) in [4.78, 5) is 0. The normalized spacial score (nSPS) is 25.0. The first-order valence-corrected chi connectivity index (χ1v) is 9.96. The van der Waals surface area contributed by atoms with E-state index in [1.807, 2.05) is 0 Å². The Hall–Kier alpha value is -2.25. The zero-order valence-corrected chi connectivity index (χ0v) is 15.8. The molecule has 0 bridgehead atoms. The van der Waals surface area contributed by atoms with Crippen LogP contribution >= 0.6 is 0 Å². The summed E-state index contributed by atoms with van der Waals surface area (Å²) in [6.45, 7) is 2.04. The maximum Gasteiger partial charge on any atom is 0.155 e. The van der Waals surface area contributed by atoms with Crippen molar-refractivity contribution in [3.05, 3.63) is 34.6 Å². The summed E-state index contributed by atoms with van der Waals surface area (Å²) in [5, 5.41) is 32.7. The molecule has 2 saturated carbocycles. The van der Waals surface area contributed by atoms with Gasteiger partial charge in [0, 0.05) is 11.1 Å². The summed E-state index contributed by atoms with van der Waals surface area (Å²) in [6.07, 6.45) is 5.09. The number of nitrogens with one attached hydrogen (secondary N) is 1. The lowest BCUT2D eigenvalue weighted by molar-refractivity contribution is 0.0444. The van der Waals surface area contributed by atoms with Crippen molar-refractivity contribution in [1.29, 1.82) is 0 Å². The van der Waals surface area contributed by atoms with Crippen LogP contribution in [0.2, 0.25) is 0 Å². The second-order valence-electron chi connectivity index (χ2n) is 8.28. The number of aliphatic hydroxyl groups excluding tert-OH is 1. The molecule has 28 heavy (non-hydrogen) atoms. The van der Waals surface area contributed by atoms with Crippen molar-refractivity contribution < 1.29 is 19.3 Å². The molecule has 0 amide bonds. The molecular weight excluding hydrogens is 361 g/mol. The first-order valence-electron chi connectivity index (χ1n) is 9.96. The molecule has 2 aliphatic carbocycles. The number of aromatic hydroxyl groups is 1. The van der Waals surface area contributed by atoms with Crippen molar-refractivity contribution >= 4 is 5.82 Å². The molecule has 1 aliphatic heterocycles. The minimum absolute atomic E-state index is 0.0694. The van der Waals surface area contributed by atoms with Crippen LogP contribution in [0.4, 0.5) is 10.2 Å². The zero-order valence-electron chi connectivity index (χ0n) is 15.8. The summed E-state index contributed by atoms with van der Waals surface area (Å²) < 4.78 is 20.7. The minimum atomic E-state index is -0.519. The number of anilines is 1. The molecule has 3 N–H and O–H groups in total. The lowest BCUT2D eigenvalue weighted by Crippen LogP contribution is -2.37. The number of halogens is 1. The fourth-order valence-corrected chi connectivity index (χ4v) is 4.61. The topological polar surface area (TPSA) is 87.5 Å². The molecule has 2 aromatic rings. The van der Waals surface area contributed by atoms with Gasteiger partial charge < -0.3 is 20.3 Å². The van der Waals surface area contributed by atoms with Gasteiger partial charge in [-0.05, 0) is 50.3 Å². The monoisotopic (exact) mass is 385 g/mol. The van der Waals surface area contributed by atoms with Crippen molar-refractivity contribution in [1.82, 2.24) is 10.2 Å². The summed E-state index contributed by atoms with van der Waals surface area (Å²) in [6, 6.07) is 2.84. The molecule has 0 radical (unpaired) electrons. The Kier molecular flexibility index (Phi) is 4.07. The number of hydrogen-bond donors (Lipinski definition) is 3. The maximum absolute atomic E-state index is 14.7. The largest absolute Gasteiger partial charge is 0.507 e. The van der Waals surface area contributed by atoms with Crippen molar-refractivity contribution in [3.8, 4) is 17.0 Å². The lowest BCUT2D eigenvalue weighted by Gasteiger charge is -2.29. The Labute approximate surface area is 162 Å². The summed E-state index contributed by atoms with van der Waals surface area (Å²) in [5.41, 5.74) is 2.35. The SMILES string of the molecule is Cc1cc(O)c(-c2nnc(N[C@@H]3CCCC[C@H]3O)c3c2COC32CC2)c(F)c1. The Bertz CT molecular complexity index is 922. The number of fused-ring (bicyclic) bond motifs is 2. The Morgan fingerprint density at radius 1 is 1.21 bits per heavy atom.